The molecule has 17 atom stereocenters. The van der Waals surface area contributed by atoms with E-state index in [1.807, 2.05) is 0 Å². The lowest BCUT2D eigenvalue weighted by Gasteiger charge is -2.27. The number of fused-ring (bicyclic) bond motifs is 1. The number of benzene rings is 3. The van der Waals surface area contributed by atoms with Gasteiger partial charge in [0.05, 0.1) is 6.04 Å². The van der Waals surface area contributed by atoms with Gasteiger partial charge >= 0.3 is 0 Å². The minimum Gasteiger partial charge on any atom is -0.368 e. The lowest BCUT2D eigenvalue weighted by atomic mass is 10.0. The molecule has 0 aliphatic heterocycles. The molecule has 42 nitrogen and oxygen atoms in total. The molecule has 0 saturated heterocycles. The first-order valence-electron chi connectivity index (χ1n) is 45.1. The zero-order valence-electron chi connectivity index (χ0n) is 76.6. The number of rotatable bonds is 63. The van der Waals surface area contributed by atoms with Crippen LogP contribution in [0.15, 0.2) is 91.1 Å². The number of nitrogens with one attached hydrogen (secondary N) is 17. The van der Waals surface area contributed by atoms with Gasteiger partial charge in [0.25, 0.3) is 0 Å². The summed E-state index contributed by atoms with van der Waals surface area (Å²) in [7, 11) is 0. The van der Waals surface area contributed by atoms with E-state index in [9.17, 15) is 81.5 Å². The Bertz CT molecular complexity index is 4360. The molecule has 42 heteroatoms. The predicted molar refractivity (Wildman–Crippen MR) is 493 cm³/mol. The van der Waals surface area contributed by atoms with E-state index in [2.05, 4.69) is 90.1 Å². The quantitative estimate of drug-likeness (QED) is 0.0186. The van der Waals surface area contributed by atoms with Gasteiger partial charge in [0.2, 0.25) is 100 Å². The number of unbranched alkanes of at least 4 members (excludes halogenated alkanes) is 6. The van der Waals surface area contributed by atoms with Crippen LogP contribution in [-0.4, -0.2) is 247 Å². The number of carbonyl (C=O) groups is 17. The first-order chi connectivity index (χ1) is 62.4. The van der Waals surface area contributed by atoms with Gasteiger partial charge in [0, 0.05) is 36.4 Å². The highest BCUT2D eigenvalue weighted by atomic mass is 16.2. The lowest BCUT2D eigenvalue weighted by Crippen LogP contribution is -2.60. The zero-order valence-corrected chi connectivity index (χ0v) is 76.6. The second kappa shape index (κ2) is 60.0. The smallest absolute Gasteiger partial charge is 0.243 e. The summed E-state index contributed by atoms with van der Waals surface area (Å²) < 4.78 is 0. The van der Waals surface area contributed by atoms with Gasteiger partial charge in [-0.3, -0.25) is 81.5 Å². The van der Waals surface area contributed by atoms with Crippen molar-refractivity contribution in [1.82, 2.24) is 90.1 Å². The Labute approximate surface area is 765 Å². The number of amides is 17. The highest BCUT2D eigenvalue weighted by molar-refractivity contribution is 6.01. The molecule has 3 aromatic carbocycles. The summed E-state index contributed by atoms with van der Waals surface area (Å²) >= 11 is 0. The molecule has 0 spiro atoms. The second-order valence-electron chi connectivity index (χ2n) is 33.0. The summed E-state index contributed by atoms with van der Waals surface area (Å²) in [5.41, 5.74) is 48.5. The van der Waals surface area contributed by atoms with Crippen LogP contribution in [0.5, 0.6) is 0 Å². The molecule has 33 N–H and O–H groups in total. The predicted octanol–water partition coefficient (Wildman–Crippen LogP) is -4.30. The van der Waals surface area contributed by atoms with Crippen LogP contribution >= 0.6 is 0 Å². The standard InChI is InChI=1S/C89H143N25O17/c1-51(73(97)115)99-74(116)53(3)102-84(126)67(38-20-26-44-93)111-89(131)71(48-60-31-13-10-14-32-60)112-79(121)57(7)103-82(124)65(36-18-24-42-91)108-78(120)56(6)106-88(130)72(49-61-50-98-64-35-16-15-33-62(61)64)113-80(122)58(8)104-83(125)66(37-19-25-43-92)107-77(119)55(5)105-87(129)70(47-59-29-11-9-12-30-59)114-86(128)69(40-22-28-46-95)110-85(127)68(39-21-27-45-94)109-76(118)54(4)100-75(117)52(2)101-81(123)63(96)34-17-23-41-90/h9-16,29-33,35,50-58,63,65-72,98H,17-28,34,36-49,90-96H2,1-8H3,(H2,97,115)(H,99,116)(H,100,117)(H,101,123)(H,102,126)(H,103,124)(H,104,125)(H,105,129)(H,106,130)(H,107,119)(H,108,120)(H,109,118)(H,110,127)(H,111,131)(H,112,121)(H,113,122)(H,114,128)/t51-,52-,53-,54-,55-,56-,57-,58-,63-,65-,66-,67-,68-,69-,70-,71-,72-/m0/s1. The number of aromatic nitrogens is 1. The fraction of sp³-hybridized carbons (Fsp3) is 0.584. The number of H-pyrrole nitrogens is 1. The molecule has 0 fully saturated rings. The van der Waals surface area contributed by atoms with E-state index in [-0.39, 0.29) is 84.1 Å². The number of carbonyl (C=O) groups excluding carboxylic acids is 17. The van der Waals surface area contributed by atoms with Crippen molar-refractivity contribution in [1.29, 1.82) is 0 Å². The fourth-order valence-electron chi connectivity index (χ4n) is 13.7. The number of hydrogen-bond donors (Lipinski definition) is 25. The Balaban J connectivity index is 1.53. The molecular weight excluding hydrogens is 1690 g/mol. The monoisotopic (exact) mass is 1830 g/mol. The van der Waals surface area contributed by atoms with E-state index in [1.54, 1.807) is 91.1 Å². The zero-order chi connectivity index (χ0) is 97.2. The van der Waals surface area contributed by atoms with E-state index in [0.29, 0.717) is 118 Å². The topological polar surface area (TPSA) is 707 Å². The number of nitrogens with two attached hydrogens (primary N) is 8. The number of para-hydroxylation sites is 1. The number of aromatic amines is 1. The molecule has 17 amide bonds. The van der Waals surface area contributed by atoms with E-state index >= 15 is 0 Å². The Hall–Kier alpha value is -12.1. The fourth-order valence-corrected chi connectivity index (χ4v) is 13.7. The summed E-state index contributed by atoms with van der Waals surface area (Å²) in [6.45, 7) is 12.5. The van der Waals surface area contributed by atoms with Gasteiger partial charge < -0.3 is 136 Å². The van der Waals surface area contributed by atoms with Crippen molar-refractivity contribution in [2.24, 2.45) is 45.9 Å². The first-order valence-corrected chi connectivity index (χ1v) is 45.1. The van der Waals surface area contributed by atoms with Crippen LogP contribution in [0, 0.1) is 0 Å². The third kappa shape index (κ3) is 40.4. The molecule has 0 radical (unpaired) electrons. The van der Waals surface area contributed by atoms with Crippen LogP contribution in [0.1, 0.15) is 188 Å². The van der Waals surface area contributed by atoms with E-state index in [1.165, 1.54) is 55.4 Å². The van der Waals surface area contributed by atoms with Crippen molar-refractivity contribution >= 4 is 111 Å². The molecule has 0 saturated carbocycles. The molecule has 131 heavy (non-hydrogen) atoms. The summed E-state index contributed by atoms with van der Waals surface area (Å²) in [4.78, 5) is 240. The largest absolute Gasteiger partial charge is 0.368 e. The van der Waals surface area contributed by atoms with Crippen LogP contribution in [-0.2, 0) is 101 Å². The molecule has 726 valence electrons. The molecule has 0 bridgehead atoms. The number of hydrogen-bond acceptors (Lipinski definition) is 24. The van der Waals surface area contributed by atoms with Gasteiger partial charge in [-0.15, -0.1) is 0 Å². The number of primary amides is 1. The highest BCUT2D eigenvalue weighted by Crippen LogP contribution is 2.21. The average molecular weight is 1840 g/mol. The molecule has 1 heterocycles. The third-order valence-electron chi connectivity index (χ3n) is 21.8. The molecule has 1 aromatic heterocycles. The average Bonchev–Trinajstić information content (AvgIpc) is 1.70. The summed E-state index contributed by atoms with van der Waals surface area (Å²) in [6.07, 6.45) is 6.77. The van der Waals surface area contributed by atoms with Crippen LogP contribution < -0.4 is 131 Å². The Kier molecular flexibility index (Phi) is 50.9. The highest BCUT2D eigenvalue weighted by Gasteiger charge is 2.38. The van der Waals surface area contributed by atoms with Crippen LogP contribution in [0.4, 0.5) is 0 Å². The normalized spacial score (nSPS) is 15.1. The van der Waals surface area contributed by atoms with Crippen LogP contribution in [0.25, 0.3) is 10.9 Å². The van der Waals surface area contributed by atoms with Gasteiger partial charge in [-0.25, -0.2) is 0 Å². The lowest BCUT2D eigenvalue weighted by molar-refractivity contribution is -0.136. The third-order valence-corrected chi connectivity index (χ3v) is 21.8. The molecule has 4 rings (SSSR count). The van der Waals surface area contributed by atoms with Crippen molar-refractivity contribution in [2.45, 2.75) is 293 Å². The summed E-state index contributed by atoms with van der Waals surface area (Å²) in [5.74, 6) is -13.6. The minimum absolute atomic E-state index is 0.00462. The van der Waals surface area contributed by atoms with Gasteiger partial charge in [-0.2, -0.15) is 0 Å². The van der Waals surface area contributed by atoms with E-state index < -0.39 is 203 Å². The summed E-state index contributed by atoms with van der Waals surface area (Å²) in [6, 6.07) is 2.50. The van der Waals surface area contributed by atoms with Crippen molar-refractivity contribution < 1.29 is 81.5 Å². The van der Waals surface area contributed by atoms with Crippen molar-refractivity contribution in [3.05, 3.63) is 108 Å². The Morgan fingerprint density at radius 2 is 0.473 bits per heavy atom. The van der Waals surface area contributed by atoms with Gasteiger partial charge in [0.15, 0.2) is 0 Å². The maximum absolute atomic E-state index is 14.7. The van der Waals surface area contributed by atoms with Crippen molar-refractivity contribution in [2.75, 3.05) is 39.3 Å². The maximum atomic E-state index is 14.7. The minimum atomic E-state index is -1.46. The van der Waals surface area contributed by atoms with E-state index in [4.69, 9.17) is 45.9 Å². The van der Waals surface area contributed by atoms with Gasteiger partial charge in [-0.05, 0) is 227 Å². The first kappa shape index (κ1) is 111. The SMILES string of the molecule is C[C@H](NC(=O)[C@H](C)NC(=O)[C@H](CCCCN)NC(=O)[C@H](Cc1ccccc1)NC(=O)[C@H](C)NC(=O)[C@H](CCCCN)NC(=O)[C@H](C)NC(=O)[C@H](Cc1c[nH]c2ccccc12)NC(=O)[C@H](C)NC(=O)[C@H](CCCCN)NC(=O)[C@H](C)NC(=O)[C@H](Cc1ccccc1)NC(=O)[C@H](CCCCN)NC(=O)[C@H](CCCCN)NC(=O)[C@H](C)NC(=O)[C@H](C)NC(=O)[C@@H](N)CCCCN)C(N)=O. The Morgan fingerprint density at radius 3 is 0.786 bits per heavy atom. The molecule has 0 aliphatic carbocycles. The van der Waals surface area contributed by atoms with Crippen LogP contribution in [0.3, 0.4) is 0 Å². The van der Waals surface area contributed by atoms with Crippen molar-refractivity contribution in [3.63, 3.8) is 0 Å². The summed E-state index contributed by atoms with van der Waals surface area (Å²) in [5, 5.41) is 42.8. The second-order valence-corrected chi connectivity index (χ2v) is 33.0. The molecule has 4 aromatic rings. The Morgan fingerprint density at radius 1 is 0.252 bits per heavy atom. The maximum Gasteiger partial charge on any atom is 0.243 e. The molecule has 0 aliphatic rings. The van der Waals surface area contributed by atoms with Gasteiger partial charge in [0.1, 0.15) is 96.7 Å². The van der Waals surface area contributed by atoms with E-state index in [0.717, 1.165) is 0 Å². The molecule has 0 unspecified atom stereocenters. The van der Waals surface area contributed by atoms with Gasteiger partial charge in [-0.1, -0.05) is 85.3 Å². The van der Waals surface area contributed by atoms with Crippen molar-refractivity contribution in [3.8, 4) is 0 Å². The molecular formula is C89H143N25O17. The van der Waals surface area contributed by atoms with Crippen LogP contribution in [0.2, 0.25) is 0 Å².